The van der Waals surface area contributed by atoms with E-state index in [0.717, 1.165) is 33.1 Å². The van der Waals surface area contributed by atoms with Crippen molar-refractivity contribution in [2.24, 2.45) is 0 Å². The number of nitrogens with one attached hydrogen (secondary N) is 1. The molecule has 0 aliphatic rings. The largest absolute Gasteiger partial charge is 0.416 e. The second kappa shape index (κ2) is 13.8. The van der Waals surface area contributed by atoms with Crippen LogP contribution < -0.4 is 0 Å². The lowest BCUT2D eigenvalue weighted by Crippen LogP contribution is -2.44. The summed E-state index contributed by atoms with van der Waals surface area (Å²) in [5, 5.41) is 1.04. The number of carbonyl (C=O) groups excluding carboxylic acids is 2. The van der Waals surface area contributed by atoms with Crippen LogP contribution in [0.25, 0.3) is 10.9 Å². The molecule has 0 aliphatic heterocycles. The smallest absolute Gasteiger partial charge is 0.385 e. The molecule has 1 heterocycles. The maximum absolute atomic E-state index is 13.7. The number of carbonyl (C=O) groups is 2. The number of H-pyrrole nitrogens is 1. The Morgan fingerprint density at radius 2 is 1.63 bits per heavy atom. The first-order valence-corrected chi connectivity index (χ1v) is 14.0. The molecule has 6 nitrogen and oxygen atoms in total. The van der Waals surface area contributed by atoms with Gasteiger partial charge in [0, 0.05) is 60.5 Å². The number of hydrogen-bond acceptors (Lipinski definition) is 3. The Morgan fingerprint density at radius 3 is 2.32 bits per heavy atom. The van der Waals surface area contributed by atoms with Crippen LogP contribution in [0, 0.1) is 0 Å². The summed E-state index contributed by atoms with van der Waals surface area (Å²) < 4.78 is 45.3. The summed E-state index contributed by atoms with van der Waals surface area (Å²) in [6, 6.07) is 19.6. The summed E-state index contributed by atoms with van der Waals surface area (Å²) in [5.41, 5.74) is 2.27. The van der Waals surface area contributed by atoms with Gasteiger partial charge in [-0.05, 0) is 66.4 Å². The predicted octanol–water partition coefficient (Wildman–Crippen LogP) is 6.70. The lowest BCUT2D eigenvalue weighted by atomic mass is 10.1. The van der Waals surface area contributed by atoms with Crippen LogP contribution in [0.5, 0.6) is 0 Å². The second-order valence-electron chi connectivity index (χ2n) is 9.70. The number of methoxy groups -OCH3 is 1. The molecular formula is C31H31BrF3N3O3. The third-order valence-electron chi connectivity index (χ3n) is 6.81. The first kappa shape index (κ1) is 30.3. The van der Waals surface area contributed by atoms with Crippen LogP contribution in [0.4, 0.5) is 13.2 Å². The standard InChI is InChI=1S/C31H31BrF3N3O3/c1-41-18-4-16-38(30(40)23-9-13-26(32)14-10-23)21-29(39)37(20-22-7-11-25(12-8-22)31(33,34)35)17-15-24-19-36-28-6-3-2-5-27(24)28/h2-3,5-14,19,36H,4,15-18,20-21H2,1H3. The molecule has 4 rings (SSSR count). The average Bonchev–Trinajstić information content (AvgIpc) is 3.37. The number of para-hydroxylation sites is 1. The molecule has 1 aromatic heterocycles. The lowest BCUT2D eigenvalue weighted by molar-refractivity contribution is -0.137. The maximum Gasteiger partial charge on any atom is 0.416 e. The Kier molecular flexibility index (Phi) is 10.2. The van der Waals surface area contributed by atoms with Crippen LogP contribution in [-0.4, -0.2) is 59.9 Å². The van der Waals surface area contributed by atoms with Crippen LogP contribution in [0.3, 0.4) is 0 Å². The molecule has 0 radical (unpaired) electrons. The fourth-order valence-electron chi connectivity index (χ4n) is 4.60. The van der Waals surface area contributed by atoms with Crippen molar-refractivity contribution in [1.29, 1.82) is 0 Å². The van der Waals surface area contributed by atoms with E-state index in [1.54, 1.807) is 36.3 Å². The monoisotopic (exact) mass is 629 g/mol. The number of nitrogens with zero attached hydrogens (tertiary/aromatic N) is 2. The van der Waals surface area contributed by atoms with Gasteiger partial charge in [0.2, 0.25) is 5.91 Å². The van der Waals surface area contributed by atoms with Gasteiger partial charge in [-0.15, -0.1) is 0 Å². The molecule has 0 saturated heterocycles. The molecule has 0 atom stereocenters. The lowest BCUT2D eigenvalue weighted by Gasteiger charge is -2.28. The van der Waals surface area contributed by atoms with Crippen LogP contribution in [0.2, 0.25) is 0 Å². The quantitative estimate of drug-likeness (QED) is 0.177. The third-order valence-corrected chi connectivity index (χ3v) is 7.34. The van der Waals surface area contributed by atoms with Gasteiger partial charge in [0.1, 0.15) is 6.54 Å². The van der Waals surface area contributed by atoms with Gasteiger partial charge in [0.05, 0.1) is 5.56 Å². The van der Waals surface area contributed by atoms with Crippen LogP contribution in [0.1, 0.15) is 33.5 Å². The number of ether oxygens (including phenoxy) is 1. The summed E-state index contributed by atoms with van der Waals surface area (Å²) >= 11 is 3.37. The highest BCUT2D eigenvalue weighted by molar-refractivity contribution is 9.10. The van der Waals surface area contributed by atoms with E-state index in [1.807, 2.05) is 30.5 Å². The number of halogens is 4. The summed E-state index contributed by atoms with van der Waals surface area (Å²) in [7, 11) is 1.57. The van der Waals surface area contributed by atoms with Crippen LogP contribution in [-0.2, 0) is 28.7 Å². The molecule has 0 bridgehead atoms. The Labute approximate surface area is 245 Å². The summed E-state index contributed by atoms with van der Waals surface area (Å²) in [5.74, 6) is -0.583. The summed E-state index contributed by atoms with van der Waals surface area (Å²) in [4.78, 5) is 33.4. The molecule has 4 aromatic rings. The van der Waals surface area contributed by atoms with Crippen molar-refractivity contribution in [2.45, 2.75) is 25.6 Å². The van der Waals surface area contributed by atoms with Crippen molar-refractivity contribution in [3.63, 3.8) is 0 Å². The van der Waals surface area contributed by atoms with Crippen molar-refractivity contribution >= 4 is 38.6 Å². The maximum atomic E-state index is 13.7. The fourth-order valence-corrected chi connectivity index (χ4v) is 4.86. The number of aromatic amines is 1. The first-order valence-electron chi connectivity index (χ1n) is 13.2. The van der Waals surface area contributed by atoms with Gasteiger partial charge in [-0.3, -0.25) is 9.59 Å². The Morgan fingerprint density at radius 1 is 0.927 bits per heavy atom. The molecule has 0 spiro atoms. The third kappa shape index (κ3) is 8.20. The summed E-state index contributed by atoms with van der Waals surface area (Å²) in [6.07, 6.45) is -1.47. The van der Waals surface area contributed by atoms with Crippen molar-refractivity contribution in [3.8, 4) is 0 Å². The number of rotatable bonds is 12. The average molecular weight is 631 g/mol. The Balaban J connectivity index is 1.56. The molecule has 216 valence electrons. The zero-order chi connectivity index (χ0) is 29.4. The van der Waals surface area contributed by atoms with Gasteiger partial charge < -0.3 is 19.5 Å². The minimum absolute atomic E-state index is 0.109. The van der Waals surface area contributed by atoms with Gasteiger partial charge in [-0.2, -0.15) is 13.2 Å². The second-order valence-corrected chi connectivity index (χ2v) is 10.6. The Hall–Kier alpha value is -3.63. The minimum atomic E-state index is -4.44. The highest BCUT2D eigenvalue weighted by Crippen LogP contribution is 2.29. The van der Waals surface area contributed by atoms with E-state index in [-0.39, 0.29) is 24.9 Å². The topological polar surface area (TPSA) is 65.6 Å². The highest BCUT2D eigenvalue weighted by atomic mass is 79.9. The van der Waals surface area contributed by atoms with Crippen molar-refractivity contribution in [2.75, 3.05) is 33.4 Å². The van der Waals surface area contributed by atoms with Crippen molar-refractivity contribution < 1.29 is 27.5 Å². The highest BCUT2D eigenvalue weighted by Gasteiger charge is 2.30. The molecule has 2 amide bonds. The van der Waals surface area contributed by atoms with Gasteiger partial charge >= 0.3 is 6.18 Å². The van der Waals surface area contributed by atoms with Crippen LogP contribution >= 0.6 is 15.9 Å². The zero-order valence-corrected chi connectivity index (χ0v) is 24.2. The van der Waals surface area contributed by atoms with Crippen molar-refractivity contribution in [3.05, 3.63) is 106 Å². The number of alkyl halides is 3. The molecule has 0 fully saturated rings. The van der Waals surface area contributed by atoms with Crippen molar-refractivity contribution in [1.82, 2.24) is 14.8 Å². The molecule has 0 saturated carbocycles. The molecule has 10 heteroatoms. The van der Waals surface area contributed by atoms with Gasteiger partial charge in [0.25, 0.3) is 5.91 Å². The van der Waals surface area contributed by atoms with Gasteiger partial charge in [-0.1, -0.05) is 46.3 Å². The molecule has 1 N–H and O–H groups in total. The SMILES string of the molecule is COCCCN(CC(=O)N(CCc1c[nH]c2ccccc12)Cc1ccc(C(F)(F)F)cc1)C(=O)c1ccc(Br)cc1. The van der Waals surface area contributed by atoms with E-state index in [4.69, 9.17) is 4.74 Å². The fraction of sp³-hybridized carbons (Fsp3) is 0.290. The van der Waals surface area contributed by atoms with E-state index >= 15 is 0 Å². The minimum Gasteiger partial charge on any atom is -0.385 e. The molecule has 3 aromatic carbocycles. The normalized spacial score (nSPS) is 11.5. The number of hydrogen-bond donors (Lipinski definition) is 1. The van der Waals surface area contributed by atoms with E-state index in [9.17, 15) is 22.8 Å². The zero-order valence-electron chi connectivity index (χ0n) is 22.6. The number of amides is 2. The molecule has 0 unspecified atom stereocenters. The van der Waals surface area contributed by atoms with Gasteiger partial charge in [-0.25, -0.2) is 0 Å². The molecular weight excluding hydrogens is 599 g/mol. The van der Waals surface area contributed by atoms with E-state index in [0.29, 0.717) is 43.7 Å². The van der Waals surface area contributed by atoms with Gasteiger partial charge in [0.15, 0.2) is 0 Å². The first-order chi connectivity index (χ1) is 19.7. The van der Waals surface area contributed by atoms with Crippen LogP contribution in [0.15, 0.2) is 83.5 Å². The molecule has 0 aliphatic carbocycles. The summed E-state index contributed by atoms with van der Waals surface area (Å²) in [6.45, 7) is 0.990. The Bertz CT molecular complexity index is 1450. The van der Waals surface area contributed by atoms with E-state index in [2.05, 4.69) is 20.9 Å². The molecule has 41 heavy (non-hydrogen) atoms. The number of benzene rings is 3. The van der Waals surface area contributed by atoms with E-state index < -0.39 is 11.7 Å². The number of aromatic nitrogens is 1. The van der Waals surface area contributed by atoms with E-state index in [1.165, 1.54) is 17.0 Å². The number of fused-ring (bicyclic) bond motifs is 1. The predicted molar refractivity (Wildman–Crippen MR) is 155 cm³/mol.